The van der Waals surface area contributed by atoms with Crippen LogP contribution in [-0.2, 0) is 4.79 Å². The maximum Gasteiger partial charge on any atom is 0.253 e. The number of carbonyl (C=O) groups excluding carboxylic acids is 2. The SMILES string of the molecule is CCN(CC)C(=O)c1cccc(NC(=O)CN2CCN(c3ccccc3OC)CC2)c1. The Labute approximate surface area is 184 Å². The van der Waals surface area contributed by atoms with E-state index in [9.17, 15) is 9.59 Å². The van der Waals surface area contributed by atoms with Crippen molar-refractivity contribution in [2.75, 3.05) is 63.1 Å². The predicted octanol–water partition coefficient (Wildman–Crippen LogP) is 2.94. The van der Waals surface area contributed by atoms with Gasteiger partial charge in [0, 0.05) is 50.5 Å². The van der Waals surface area contributed by atoms with E-state index >= 15 is 0 Å². The molecule has 166 valence electrons. The molecular formula is C24H32N4O3. The molecule has 0 bridgehead atoms. The first kappa shape index (κ1) is 22.6. The summed E-state index contributed by atoms with van der Waals surface area (Å²) in [4.78, 5) is 31.3. The van der Waals surface area contributed by atoms with Gasteiger partial charge >= 0.3 is 0 Å². The quantitative estimate of drug-likeness (QED) is 0.706. The Morgan fingerprint density at radius 3 is 2.39 bits per heavy atom. The molecule has 0 aromatic heterocycles. The largest absolute Gasteiger partial charge is 0.495 e. The van der Waals surface area contributed by atoms with Crippen LogP contribution in [0.2, 0.25) is 0 Å². The number of piperazine rings is 1. The van der Waals surface area contributed by atoms with Gasteiger partial charge in [0.15, 0.2) is 0 Å². The monoisotopic (exact) mass is 424 g/mol. The number of anilines is 2. The van der Waals surface area contributed by atoms with Crippen molar-refractivity contribution in [2.24, 2.45) is 0 Å². The van der Waals surface area contributed by atoms with Gasteiger partial charge in [0.1, 0.15) is 5.75 Å². The van der Waals surface area contributed by atoms with Crippen molar-refractivity contribution in [3.8, 4) is 5.75 Å². The van der Waals surface area contributed by atoms with Crippen molar-refractivity contribution < 1.29 is 14.3 Å². The fraction of sp³-hybridized carbons (Fsp3) is 0.417. The highest BCUT2D eigenvalue weighted by Crippen LogP contribution is 2.28. The van der Waals surface area contributed by atoms with E-state index in [2.05, 4.69) is 21.2 Å². The third-order valence-electron chi connectivity index (χ3n) is 5.61. The second kappa shape index (κ2) is 10.8. The highest BCUT2D eigenvalue weighted by Gasteiger charge is 2.21. The van der Waals surface area contributed by atoms with Gasteiger partial charge in [0.25, 0.3) is 5.91 Å². The molecule has 3 rings (SSSR count). The van der Waals surface area contributed by atoms with E-state index in [1.54, 1.807) is 30.2 Å². The summed E-state index contributed by atoms with van der Waals surface area (Å²) < 4.78 is 5.47. The molecule has 7 heteroatoms. The fourth-order valence-electron chi connectivity index (χ4n) is 3.86. The molecule has 0 radical (unpaired) electrons. The molecule has 0 spiro atoms. The first-order valence-electron chi connectivity index (χ1n) is 10.8. The number of methoxy groups -OCH3 is 1. The van der Waals surface area contributed by atoms with Crippen LogP contribution in [0.5, 0.6) is 5.75 Å². The molecule has 0 aliphatic carbocycles. The van der Waals surface area contributed by atoms with Crippen LogP contribution >= 0.6 is 0 Å². The summed E-state index contributed by atoms with van der Waals surface area (Å²) in [6, 6.07) is 15.2. The fourth-order valence-corrected chi connectivity index (χ4v) is 3.86. The van der Waals surface area contributed by atoms with Crippen LogP contribution in [0.4, 0.5) is 11.4 Å². The molecule has 2 aromatic carbocycles. The van der Waals surface area contributed by atoms with Gasteiger partial charge in [-0.3, -0.25) is 14.5 Å². The lowest BCUT2D eigenvalue weighted by atomic mass is 10.1. The number of para-hydroxylation sites is 2. The van der Waals surface area contributed by atoms with Crippen molar-refractivity contribution in [1.82, 2.24) is 9.80 Å². The molecule has 1 fully saturated rings. The third-order valence-corrected chi connectivity index (χ3v) is 5.61. The van der Waals surface area contributed by atoms with Gasteiger partial charge in [-0.05, 0) is 44.2 Å². The van der Waals surface area contributed by atoms with Crippen molar-refractivity contribution in [2.45, 2.75) is 13.8 Å². The smallest absolute Gasteiger partial charge is 0.253 e. The molecule has 7 nitrogen and oxygen atoms in total. The molecule has 0 unspecified atom stereocenters. The summed E-state index contributed by atoms with van der Waals surface area (Å²) in [7, 11) is 1.68. The Balaban J connectivity index is 1.53. The molecule has 1 N–H and O–H groups in total. The molecule has 1 heterocycles. The molecule has 0 atom stereocenters. The minimum atomic E-state index is -0.0711. The van der Waals surface area contributed by atoms with Crippen LogP contribution in [0.1, 0.15) is 24.2 Å². The Bertz CT molecular complexity index is 890. The number of carbonyl (C=O) groups is 2. The van der Waals surface area contributed by atoms with E-state index in [0.29, 0.717) is 30.9 Å². The lowest BCUT2D eigenvalue weighted by Gasteiger charge is -2.36. The van der Waals surface area contributed by atoms with Crippen molar-refractivity contribution in [3.63, 3.8) is 0 Å². The Hall–Kier alpha value is -3.06. The molecular weight excluding hydrogens is 392 g/mol. The maximum atomic E-state index is 12.6. The number of nitrogens with one attached hydrogen (secondary N) is 1. The van der Waals surface area contributed by atoms with Crippen LogP contribution in [0.25, 0.3) is 0 Å². The van der Waals surface area contributed by atoms with Gasteiger partial charge in [-0.25, -0.2) is 0 Å². The number of nitrogens with zero attached hydrogens (tertiary/aromatic N) is 3. The Morgan fingerprint density at radius 1 is 1.00 bits per heavy atom. The first-order valence-corrected chi connectivity index (χ1v) is 10.8. The van der Waals surface area contributed by atoms with E-state index in [1.807, 2.05) is 38.1 Å². The number of benzene rings is 2. The van der Waals surface area contributed by atoms with Crippen molar-refractivity contribution in [1.29, 1.82) is 0 Å². The minimum absolute atomic E-state index is 0.0199. The molecule has 1 aliphatic rings. The highest BCUT2D eigenvalue weighted by molar-refractivity contribution is 5.97. The Kier molecular flexibility index (Phi) is 7.89. The zero-order valence-corrected chi connectivity index (χ0v) is 18.6. The van der Waals surface area contributed by atoms with Gasteiger partial charge in [-0.1, -0.05) is 18.2 Å². The average molecular weight is 425 g/mol. The Morgan fingerprint density at radius 2 is 1.71 bits per heavy atom. The van der Waals surface area contributed by atoms with Gasteiger partial charge in [0.2, 0.25) is 5.91 Å². The van der Waals surface area contributed by atoms with Gasteiger partial charge < -0.3 is 19.9 Å². The normalized spacial score (nSPS) is 14.2. The molecule has 31 heavy (non-hydrogen) atoms. The summed E-state index contributed by atoms with van der Waals surface area (Å²) in [6.45, 7) is 8.83. The van der Waals surface area contributed by atoms with Crippen LogP contribution in [0, 0.1) is 0 Å². The number of hydrogen-bond donors (Lipinski definition) is 1. The lowest BCUT2D eigenvalue weighted by molar-refractivity contribution is -0.117. The zero-order chi connectivity index (χ0) is 22.2. The third kappa shape index (κ3) is 5.76. The molecule has 1 aliphatic heterocycles. The van der Waals surface area contributed by atoms with E-state index in [4.69, 9.17) is 4.74 Å². The standard InChI is InChI=1S/C24H32N4O3/c1-4-27(5-2)24(30)19-9-8-10-20(17-19)25-23(29)18-26-13-15-28(16-14-26)21-11-6-7-12-22(21)31-3/h6-12,17H,4-5,13-16,18H2,1-3H3,(H,25,29). The molecule has 2 aromatic rings. The lowest BCUT2D eigenvalue weighted by Crippen LogP contribution is -2.48. The van der Waals surface area contributed by atoms with Crippen LogP contribution in [0.3, 0.4) is 0 Å². The van der Waals surface area contributed by atoms with Crippen LogP contribution in [0.15, 0.2) is 48.5 Å². The average Bonchev–Trinajstić information content (AvgIpc) is 2.80. The second-order valence-corrected chi connectivity index (χ2v) is 7.54. The number of hydrogen-bond acceptors (Lipinski definition) is 5. The van der Waals surface area contributed by atoms with Gasteiger partial charge in [-0.15, -0.1) is 0 Å². The van der Waals surface area contributed by atoms with E-state index < -0.39 is 0 Å². The second-order valence-electron chi connectivity index (χ2n) is 7.54. The summed E-state index contributed by atoms with van der Waals surface area (Å²) in [5.41, 5.74) is 2.33. The zero-order valence-electron chi connectivity index (χ0n) is 18.6. The molecule has 0 saturated carbocycles. The molecule has 1 saturated heterocycles. The summed E-state index contributed by atoms with van der Waals surface area (Å²) in [5.74, 6) is 0.777. The topological polar surface area (TPSA) is 65.1 Å². The van der Waals surface area contributed by atoms with E-state index in [1.165, 1.54) is 0 Å². The summed E-state index contributed by atoms with van der Waals surface area (Å²) in [5, 5.41) is 2.94. The van der Waals surface area contributed by atoms with E-state index in [-0.39, 0.29) is 11.8 Å². The summed E-state index contributed by atoms with van der Waals surface area (Å²) in [6.07, 6.45) is 0. The van der Waals surface area contributed by atoms with Gasteiger partial charge in [0.05, 0.1) is 19.3 Å². The van der Waals surface area contributed by atoms with E-state index in [0.717, 1.165) is 37.6 Å². The van der Waals surface area contributed by atoms with Crippen molar-refractivity contribution in [3.05, 3.63) is 54.1 Å². The minimum Gasteiger partial charge on any atom is -0.495 e. The first-order chi connectivity index (χ1) is 15.0. The predicted molar refractivity (Wildman–Crippen MR) is 124 cm³/mol. The molecule has 2 amide bonds. The summed E-state index contributed by atoms with van der Waals surface area (Å²) >= 11 is 0. The number of ether oxygens (including phenoxy) is 1. The highest BCUT2D eigenvalue weighted by atomic mass is 16.5. The maximum absolute atomic E-state index is 12.6. The van der Waals surface area contributed by atoms with Gasteiger partial charge in [-0.2, -0.15) is 0 Å². The van der Waals surface area contributed by atoms with Crippen LogP contribution in [-0.4, -0.2) is 74.5 Å². The van der Waals surface area contributed by atoms with Crippen LogP contribution < -0.4 is 15.0 Å². The number of amides is 2. The van der Waals surface area contributed by atoms with Crippen molar-refractivity contribution >= 4 is 23.2 Å². The number of rotatable bonds is 8.